The minimum absolute atomic E-state index is 0.0166. The zero-order valence-electron chi connectivity index (χ0n) is 11.3. The first-order valence-corrected chi connectivity index (χ1v) is 6.61. The standard InChI is InChI=1S/C14H19N3O2/c1-9-3-4-13(19-2)11(5-9)12-8-17(14(18)16-12)10-6-15-7-10/h3-5,10,12,15H,6-8H2,1-2H3,(H,16,18). The van der Waals surface area contributed by atoms with Crippen molar-refractivity contribution in [2.75, 3.05) is 26.7 Å². The Labute approximate surface area is 112 Å². The summed E-state index contributed by atoms with van der Waals surface area (Å²) in [6.07, 6.45) is 0. The predicted molar refractivity (Wildman–Crippen MR) is 72.4 cm³/mol. The van der Waals surface area contributed by atoms with E-state index in [0.717, 1.165) is 24.4 Å². The number of carbonyl (C=O) groups excluding carboxylic acids is 1. The second-order valence-electron chi connectivity index (χ2n) is 5.21. The van der Waals surface area contributed by atoms with Crippen LogP contribution >= 0.6 is 0 Å². The molecule has 1 aromatic rings. The third kappa shape index (κ3) is 2.14. The van der Waals surface area contributed by atoms with Gasteiger partial charge in [0.15, 0.2) is 0 Å². The highest BCUT2D eigenvalue weighted by Crippen LogP contribution is 2.30. The Morgan fingerprint density at radius 1 is 1.37 bits per heavy atom. The number of carbonyl (C=O) groups is 1. The van der Waals surface area contributed by atoms with Crippen LogP contribution in [-0.4, -0.2) is 43.7 Å². The molecule has 2 saturated heterocycles. The normalized spacial score (nSPS) is 23.2. The van der Waals surface area contributed by atoms with Gasteiger partial charge in [-0.15, -0.1) is 0 Å². The molecule has 19 heavy (non-hydrogen) atoms. The van der Waals surface area contributed by atoms with Crippen molar-refractivity contribution in [1.82, 2.24) is 15.5 Å². The van der Waals surface area contributed by atoms with E-state index in [-0.39, 0.29) is 12.1 Å². The van der Waals surface area contributed by atoms with E-state index in [1.54, 1.807) is 7.11 Å². The summed E-state index contributed by atoms with van der Waals surface area (Å²) >= 11 is 0. The van der Waals surface area contributed by atoms with Gasteiger partial charge in [-0.1, -0.05) is 17.7 Å². The van der Waals surface area contributed by atoms with Gasteiger partial charge in [0.25, 0.3) is 0 Å². The minimum Gasteiger partial charge on any atom is -0.496 e. The van der Waals surface area contributed by atoms with E-state index in [1.807, 2.05) is 24.0 Å². The Kier molecular flexibility index (Phi) is 3.06. The van der Waals surface area contributed by atoms with Gasteiger partial charge in [-0.2, -0.15) is 0 Å². The van der Waals surface area contributed by atoms with Crippen LogP contribution in [0.2, 0.25) is 0 Å². The number of benzene rings is 1. The molecule has 2 N–H and O–H groups in total. The van der Waals surface area contributed by atoms with Crippen molar-refractivity contribution in [2.45, 2.75) is 19.0 Å². The zero-order valence-corrected chi connectivity index (χ0v) is 11.3. The highest BCUT2D eigenvalue weighted by molar-refractivity contribution is 5.78. The second-order valence-corrected chi connectivity index (χ2v) is 5.21. The van der Waals surface area contributed by atoms with Crippen LogP contribution in [-0.2, 0) is 0 Å². The summed E-state index contributed by atoms with van der Waals surface area (Å²) in [6.45, 7) is 4.55. The lowest BCUT2D eigenvalue weighted by Crippen LogP contribution is -2.57. The maximum absolute atomic E-state index is 12.0. The van der Waals surface area contributed by atoms with Crippen LogP contribution in [0.5, 0.6) is 5.75 Å². The summed E-state index contributed by atoms with van der Waals surface area (Å²) in [5.41, 5.74) is 2.24. The highest BCUT2D eigenvalue weighted by Gasteiger charge is 2.37. The molecule has 2 heterocycles. The SMILES string of the molecule is COc1ccc(C)cc1C1CN(C2CNC2)C(=O)N1. The molecule has 2 fully saturated rings. The number of hydrogen-bond acceptors (Lipinski definition) is 3. The average Bonchev–Trinajstić information content (AvgIpc) is 2.69. The molecule has 0 saturated carbocycles. The minimum atomic E-state index is 0.0166. The summed E-state index contributed by atoms with van der Waals surface area (Å²) in [5, 5.41) is 6.25. The second kappa shape index (κ2) is 4.74. The van der Waals surface area contributed by atoms with Crippen LogP contribution < -0.4 is 15.4 Å². The summed E-state index contributed by atoms with van der Waals surface area (Å²) < 4.78 is 5.40. The Hall–Kier alpha value is -1.75. The largest absolute Gasteiger partial charge is 0.496 e. The Balaban J connectivity index is 1.83. The first-order valence-electron chi connectivity index (χ1n) is 6.61. The molecule has 5 heteroatoms. The van der Waals surface area contributed by atoms with Crippen LogP contribution in [0.25, 0.3) is 0 Å². The van der Waals surface area contributed by atoms with Crippen molar-refractivity contribution in [2.24, 2.45) is 0 Å². The molecule has 102 valence electrons. The number of methoxy groups -OCH3 is 1. The molecule has 1 unspecified atom stereocenters. The van der Waals surface area contributed by atoms with E-state index in [1.165, 1.54) is 5.56 Å². The third-order valence-electron chi connectivity index (χ3n) is 3.90. The Morgan fingerprint density at radius 3 is 2.79 bits per heavy atom. The van der Waals surface area contributed by atoms with Crippen molar-refractivity contribution in [3.05, 3.63) is 29.3 Å². The van der Waals surface area contributed by atoms with Crippen LogP contribution in [0, 0.1) is 6.92 Å². The van der Waals surface area contributed by atoms with E-state index in [0.29, 0.717) is 12.6 Å². The smallest absolute Gasteiger partial charge is 0.318 e. The Morgan fingerprint density at radius 2 is 2.16 bits per heavy atom. The number of rotatable bonds is 3. The maximum Gasteiger partial charge on any atom is 0.318 e. The molecule has 3 rings (SSSR count). The van der Waals surface area contributed by atoms with Gasteiger partial charge in [0.1, 0.15) is 5.75 Å². The van der Waals surface area contributed by atoms with Crippen molar-refractivity contribution in [3.8, 4) is 5.75 Å². The Bertz CT molecular complexity index is 499. The molecule has 1 atom stereocenters. The summed E-state index contributed by atoms with van der Waals surface area (Å²) in [6, 6.07) is 6.45. The van der Waals surface area contributed by atoms with Crippen molar-refractivity contribution in [1.29, 1.82) is 0 Å². The van der Waals surface area contributed by atoms with Crippen molar-refractivity contribution >= 4 is 6.03 Å². The molecular formula is C14H19N3O2. The van der Waals surface area contributed by atoms with Crippen molar-refractivity contribution in [3.63, 3.8) is 0 Å². The zero-order chi connectivity index (χ0) is 13.4. The molecule has 5 nitrogen and oxygen atoms in total. The molecule has 2 aliphatic rings. The van der Waals surface area contributed by atoms with Crippen LogP contribution in [0.1, 0.15) is 17.2 Å². The van der Waals surface area contributed by atoms with Gasteiger partial charge in [-0.25, -0.2) is 4.79 Å². The average molecular weight is 261 g/mol. The van der Waals surface area contributed by atoms with Crippen LogP contribution in [0.4, 0.5) is 4.79 Å². The van der Waals surface area contributed by atoms with Crippen LogP contribution in [0.3, 0.4) is 0 Å². The number of hydrogen-bond donors (Lipinski definition) is 2. The topological polar surface area (TPSA) is 53.6 Å². The van der Waals surface area contributed by atoms with Gasteiger partial charge in [0, 0.05) is 25.2 Å². The van der Waals surface area contributed by atoms with Gasteiger partial charge in [0.2, 0.25) is 0 Å². The molecule has 0 spiro atoms. The molecule has 2 aliphatic heterocycles. The van der Waals surface area contributed by atoms with E-state index < -0.39 is 0 Å². The fraction of sp³-hybridized carbons (Fsp3) is 0.500. The number of nitrogens with zero attached hydrogens (tertiary/aromatic N) is 1. The van der Waals surface area contributed by atoms with Crippen molar-refractivity contribution < 1.29 is 9.53 Å². The highest BCUT2D eigenvalue weighted by atomic mass is 16.5. The fourth-order valence-corrected chi connectivity index (χ4v) is 2.67. The quantitative estimate of drug-likeness (QED) is 0.855. The van der Waals surface area contributed by atoms with E-state index in [4.69, 9.17) is 4.74 Å². The fourth-order valence-electron chi connectivity index (χ4n) is 2.67. The predicted octanol–water partition coefficient (Wildman–Crippen LogP) is 1.04. The molecule has 1 aromatic carbocycles. The summed E-state index contributed by atoms with van der Waals surface area (Å²) in [5.74, 6) is 0.837. The van der Waals surface area contributed by atoms with E-state index >= 15 is 0 Å². The first kappa shape index (κ1) is 12.3. The summed E-state index contributed by atoms with van der Waals surface area (Å²) in [4.78, 5) is 13.9. The number of ether oxygens (including phenoxy) is 1. The van der Waals surface area contributed by atoms with Gasteiger partial charge in [-0.3, -0.25) is 0 Å². The molecule has 0 aromatic heterocycles. The van der Waals surface area contributed by atoms with Gasteiger partial charge < -0.3 is 20.3 Å². The molecular weight excluding hydrogens is 242 g/mol. The lowest BCUT2D eigenvalue weighted by atomic mass is 10.0. The van der Waals surface area contributed by atoms with Gasteiger partial charge in [-0.05, 0) is 13.0 Å². The van der Waals surface area contributed by atoms with Gasteiger partial charge in [0.05, 0.1) is 19.2 Å². The number of amides is 2. The maximum atomic E-state index is 12.0. The first-order chi connectivity index (χ1) is 9.19. The van der Waals surface area contributed by atoms with E-state index in [2.05, 4.69) is 16.7 Å². The summed E-state index contributed by atoms with van der Waals surface area (Å²) in [7, 11) is 1.67. The van der Waals surface area contributed by atoms with E-state index in [9.17, 15) is 4.79 Å². The third-order valence-corrected chi connectivity index (χ3v) is 3.90. The number of urea groups is 1. The lowest BCUT2D eigenvalue weighted by Gasteiger charge is -2.34. The monoisotopic (exact) mass is 261 g/mol. The molecule has 2 amide bonds. The lowest BCUT2D eigenvalue weighted by molar-refractivity contribution is 0.172. The molecule has 0 radical (unpaired) electrons. The molecule has 0 bridgehead atoms. The number of aryl methyl sites for hydroxylation is 1. The number of nitrogens with one attached hydrogen (secondary N) is 2. The van der Waals surface area contributed by atoms with Crippen LogP contribution in [0.15, 0.2) is 18.2 Å². The molecule has 0 aliphatic carbocycles. The van der Waals surface area contributed by atoms with Gasteiger partial charge >= 0.3 is 6.03 Å².